The number of halogens is 2. The number of nitrogens with two attached hydrogens (primary N) is 1. The van der Waals surface area contributed by atoms with Crippen molar-refractivity contribution in [3.05, 3.63) is 54.4 Å². The van der Waals surface area contributed by atoms with Crippen molar-refractivity contribution >= 4 is 30.7 Å². The molecular weight excluding hydrogens is 321 g/mol. The van der Waals surface area contributed by atoms with Gasteiger partial charge in [0.1, 0.15) is 0 Å². The monoisotopic (exact) mass is 341 g/mol. The van der Waals surface area contributed by atoms with Crippen LogP contribution in [0.25, 0.3) is 11.1 Å². The fraction of sp³-hybridized carbons (Fsp3) is 0.250. The van der Waals surface area contributed by atoms with Gasteiger partial charge < -0.3 is 11.1 Å². The van der Waals surface area contributed by atoms with E-state index in [2.05, 4.69) is 10.3 Å². The summed E-state index contributed by atoms with van der Waals surface area (Å²) in [5.74, 6) is -0.161. The Bertz CT molecular complexity index is 603. The van der Waals surface area contributed by atoms with Gasteiger partial charge in [-0.2, -0.15) is 0 Å². The van der Waals surface area contributed by atoms with E-state index in [0.717, 1.165) is 11.1 Å². The number of rotatable bonds is 4. The Hall–Kier alpha value is -1.62. The molecular formula is C16H21Cl2N3O. The third-order valence-electron chi connectivity index (χ3n) is 3.07. The zero-order valence-corrected chi connectivity index (χ0v) is 14.2. The van der Waals surface area contributed by atoms with Gasteiger partial charge in [-0.05, 0) is 25.5 Å². The van der Waals surface area contributed by atoms with Crippen LogP contribution in [0.5, 0.6) is 0 Å². The van der Waals surface area contributed by atoms with Crippen molar-refractivity contribution in [2.24, 2.45) is 5.73 Å². The number of pyridine rings is 1. The molecule has 2 rings (SSSR count). The van der Waals surface area contributed by atoms with E-state index < -0.39 is 5.54 Å². The Balaban J connectivity index is 0.00000220. The molecule has 2 aromatic rings. The van der Waals surface area contributed by atoms with Crippen LogP contribution in [-0.4, -0.2) is 23.0 Å². The number of aromatic nitrogens is 1. The summed E-state index contributed by atoms with van der Waals surface area (Å²) in [4.78, 5) is 16.3. The van der Waals surface area contributed by atoms with Crippen LogP contribution in [0.15, 0.2) is 48.8 Å². The number of carbonyl (C=O) groups is 1. The van der Waals surface area contributed by atoms with Crippen molar-refractivity contribution in [3.63, 3.8) is 0 Å². The second-order valence-corrected chi connectivity index (χ2v) is 5.37. The summed E-state index contributed by atoms with van der Waals surface area (Å²) >= 11 is 0. The Labute approximate surface area is 143 Å². The maximum atomic E-state index is 12.2. The molecule has 0 unspecified atom stereocenters. The van der Waals surface area contributed by atoms with E-state index in [9.17, 15) is 4.79 Å². The molecule has 0 aliphatic heterocycles. The summed E-state index contributed by atoms with van der Waals surface area (Å²) in [6.45, 7) is 4.16. The van der Waals surface area contributed by atoms with Crippen molar-refractivity contribution in [2.45, 2.75) is 19.4 Å². The minimum absolute atomic E-state index is 0. The van der Waals surface area contributed by atoms with E-state index in [4.69, 9.17) is 5.73 Å². The molecule has 1 heterocycles. The van der Waals surface area contributed by atoms with Crippen LogP contribution >= 0.6 is 24.8 Å². The van der Waals surface area contributed by atoms with Gasteiger partial charge in [-0.3, -0.25) is 9.78 Å². The summed E-state index contributed by atoms with van der Waals surface area (Å²) in [6.07, 6.45) is 3.31. The molecule has 0 fully saturated rings. The average molecular weight is 342 g/mol. The van der Waals surface area contributed by atoms with Crippen LogP contribution in [0.2, 0.25) is 0 Å². The summed E-state index contributed by atoms with van der Waals surface area (Å²) in [5, 5.41) is 2.90. The van der Waals surface area contributed by atoms with E-state index in [-0.39, 0.29) is 30.7 Å². The highest BCUT2D eigenvalue weighted by Gasteiger charge is 2.19. The molecule has 0 atom stereocenters. The number of nitrogens with zero attached hydrogens (tertiary/aromatic N) is 1. The largest absolute Gasteiger partial charge is 0.346 e. The van der Waals surface area contributed by atoms with Crippen LogP contribution in [-0.2, 0) is 0 Å². The van der Waals surface area contributed by atoms with Gasteiger partial charge in [0, 0.05) is 30.0 Å². The maximum Gasteiger partial charge on any atom is 0.253 e. The zero-order chi connectivity index (χ0) is 14.6. The average Bonchev–Trinajstić information content (AvgIpc) is 2.48. The fourth-order valence-corrected chi connectivity index (χ4v) is 1.78. The highest BCUT2D eigenvalue weighted by Crippen LogP contribution is 2.19. The van der Waals surface area contributed by atoms with Gasteiger partial charge in [0.25, 0.3) is 5.91 Å². The third kappa shape index (κ3) is 5.30. The van der Waals surface area contributed by atoms with E-state index in [1.165, 1.54) is 0 Å². The number of nitrogens with one attached hydrogen (secondary N) is 1. The first-order valence-electron chi connectivity index (χ1n) is 6.55. The molecule has 22 heavy (non-hydrogen) atoms. The van der Waals surface area contributed by atoms with Gasteiger partial charge >= 0.3 is 0 Å². The molecule has 0 radical (unpaired) electrons. The summed E-state index contributed by atoms with van der Waals surface area (Å²) in [7, 11) is 0. The lowest BCUT2D eigenvalue weighted by molar-refractivity contribution is 0.0915. The lowest BCUT2D eigenvalue weighted by Gasteiger charge is -2.24. The van der Waals surface area contributed by atoms with Gasteiger partial charge in [0.05, 0.1) is 5.56 Å². The first-order valence-corrected chi connectivity index (χ1v) is 6.55. The third-order valence-corrected chi connectivity index (χ3v) is 3.07. The van der Waals surface area contributed by atoms with E-state index in [1.807, 2.05) is 50.2 Å². The Morgan fingerprint density at radius 1 is 1.14 bits per heavy atom. The van der Waals surface area contributed by atoms with Gasteiger partial charge in [-0.15, -0.1) is 24.8 Å². The summed E-state index contributed by atoms with van der Waals surface area (Å²) < 4.78 is 0. The maximum absolute atomic E-state index is 12.2. The van der Waals surface area contributed by atoms with Crippen LogP contribution < -0.4 is 11.1 Å². The number of carbonyl (C=O) groups excluding carboxylic acids is 1. The Morgan fingerprint density at radius 3 is 2.36 bits per heavy atom. The standard InChI is InChI=1S/C16H19N3O.2ClH/c1-16(2,11-17)19-15(20)14-8-13(9-18-10-14)12-6-4-3-5-7-12;;/h3-10H,11,17H2,1-2H3,(H,19,20);2*1H. The smallest absolute Gasteiger partial charge is 0.253 e. The highest BCUT2D eigenvalue weighted by molar-refractivity contribution is 5.95. The summed E-state index contributed by atoms with van der Waals surface area (Å²) in [6, 6.07) is 11.7. The lowest BCUT2D eigenvalue weighted by atomic mass is 10.0. The molecule has 1 aromatic carbocycles. The predicted octanol–water partition coefficient (Wildman–Crippen LogP) is 3.06. The molecule has 4 nitrogen and oxygen atoms in total. The zero-order valence-electron chi connectivity index (χ0n) is 12.6. The first-order chi connectivity index (χ1) is 9.52. The fourth-order valence-electron chi connectivity index (χ4n) is 1.78. The van der Waals surface area contributed by atoms with Crippen molar-refractivity contribution in [1.82, 2.24) is 10.3 Å². The summed E-state index contributed by atoms with van der Waals surface area (Å²) in [5.41, 5.74) is 7.68. The SMILES string of the molecule is CC(C)(CN)NC(=O)c1cncc(-c2ccccc2)c1.Cl.Cl. The van der Waals surface area contributed by atoms with Gasteiger partial charge in [0.15, 0.2) is 0 Å². The van der Waals surface area contributed by atoms with E-state index in [1.54, 1.807) is 12.4 Å². The van der Waals surface area contributed by atoms with Crippen LogP contribution in [0, 0.1) is 0 Å². The molecule has 0 spiro atoms. The second-order valence-electron chi connectivity index (χ2n) is 5.37. The Morgan fingerprint density at radius 2 is 1.77 bits per heavy atom. The molecule has 0 saturated carbocycles. The van der Waals surface area contributed by atoms with Crippen LogP contribution in [0.3, 0.4) is 0 Å². The van der Waals surface area contributed by atoms with Crippen molar-refractivity contribution < 1.29 is 4.79 Å². The van der Waals surface area contributed by atoms with Gasteiger partial charge in [0.2, 0.25) is 0 Å². The highest BCUT2D eigenvalue weighted by atomic mass is 35.5. The van der Waals surface area contributed by atoms with Crippen LogP contribution in [0.4, 0.5) is 0 Å². The lowest BCUT2D eigenvalue weighted by Crippen LogP contribution is -2.48. The molecule has 3 N–H and O–H groups in total. The number of hydrogen-bond acceptors (Lipinski definition) is 3. The van der Waals surface area contributed by atoms with Crippen molar-refractivity contribution in [2.75, 3.05) is 6.54 Å². The van der Waals surface area contributed by atoms with Gasteiger partial charge in [-0.25, -0.2) is 0 Å². The number of amides is 1. The minimum atomic E-state index is -0.431. The molecule has 1 amide bonds. The second kappa shape index (κ2) is 8.73. The molecule has 120 valence electrons. The number of hydrogen-bond donors (Lipinski definition) is 2. The molecule has 0 aliphatic rings. The Kier molecular flexibility index (Phi) is 8.09. The van der Waals surface area contributed by atoms with E-state index >= 15 is 0 Å². The molecule has 0 saturated heterocycles. The topological polar surface area (TPSA) is 68.0 Å². The normalized spacial score (nSPS) is 10.1. The van der Waals surface area contributed by atoms with Gasteiger partial charge in [-0.1, -0.05) is 30.3 Å². The first kappa shape index (κ1) is 20.4. The molecule has 1 aromatic heterocycles. The number of benzene rings is 1. The molecule has 0 aliphatic carbocycles. The van der Waals surface area contributed by atoms with Crippen LogP contribution in [0.1, 0.15) is 24.2 Å². The van der Waals surface area contributed by atoms with E-state index in [0.29, 0.717) is 12.1 Å². The molecule has 6 heteroatoms. The van der Waals surface area contributed by atoms with Crippen molar-refractivity contribution in [3.8, 4) is 11.1 Å². The quantitative estimate of drug-likeness (QED) is 0.897. The van der Waals surface area contributed by atoms with Crippen molar-refractivity contribution in [1.29, 1.82) is 0 Å². The predicted molar refractivity (Wildman–Crippen MR) is 94.8 cm³/mol. The molecule has 0 bridgehead atoms. The minimum Gasteiger partial charge on any atom is -0.346 e.